The number of hydrogen-bond acceptors (Lipinski definition) is 5. The van der Waals surface area contributed by atoms with Crippen LogP contribution in [0.5, 0.6) is 0 Å². The topological polar surface area (TPSA) is 74.2 Å². The van der Waals surface area contributed by atoms with E-state index in [1.54, 1.807) is 0 Å². The first-order chi connectivity index (χ1) is 8.15. The van der Waals surface area contributed by atoms with Gasteiger partial charge in [-0.25, -0.2) is 0 Å². The summed E-state index contributed by atoms with van der Waals surface area (Å²) in [6.07, 6.45) is 3.70. The van der Waals surface area contributed by atoms with Gasteiger partial charge in [0, 0.05) is 19.1 Å². The van der Waals surface area contributed by atoms with Gasteiger partial charge in [0.25, 0.3) is 0 Å². The summed E-state index contributed by atoms with van der Waals surface area (Å²) >= 11 is 0. The smallest absolute Gasteiger partial charge is 0.228 e. The van der Waals surface area contributed by atoms with Gasteiger partial charge < -0.3 is 15.0 Å². The molecule has 1 aliphatic heterocycles. The highest BCUT2D eigenvalue weighted by molar-refractivity contribution is 4.94. The van der Waals surface area contributed by atoms with Crippen molar-refractivity contribution in [3.05, 3.63) is 11.7 Å². The zero-order valence-electron chi connectivity index (χ0n) is 10.6. The summed E-state index contributed by atoms with van der Waals surface area (Å²) in [6.45, 7) is 5.11. The number of nitrogens with two attached hydrogens (primary N) is 1. The Morgan fingerprint density at radius 1 is 1.47 bits per heavy atom. The Morgan fingerprint density at radius 2 is 2.29 bits per heavy atom. The van der Waals surface area contributed by atoms with Gasteiger partial charge in [-0.15, -0.1) is 0 Å². The number of rotatable bonds is 5. The van der Waals surface area contributed by atoms with E-state index in [0.717, 1.165) is 25.9 Å². The molecule has 1 saturated heterocycles. The highest BCUT2D eigenvalue weighted by atomic mass is 16.5. The molecule has 5 nitrogen and oxygen atoms in total. The van der Waals surface area contributed by atoms with Crippen LogP contribution in [0.25, 0.3) is 0 Å². The molecule has 2 N–H and O–H groups in total. The standard InChI is InChI=1S/C12H21N3O2/c1-8(2)6-9(13)7-11-14-12(15-17-11)10-4-3-5-16-10/h8-10H,3-7,13H2,1-2H3. The molecule has 0 aliphatic carbocycles. The van der Waals surface area contributed by atoms with E-state index in [0.29, 0.717) is 24.1 Å². The second-order valence-corrected chi connectivity index (χ2v) is 5.14. The molecule has 1 aromatic rings. The molecule has 0 spiro atoms. The normalized spacial score (nSPS) is 22.2. The third-order valence-electron chi connectivity index (χ3n) is 2.91. The van der Waals surface area contributed by atoms with E-state index in [9.17, 15) is 0 Å². The largest absolute Gasteiger partial charge is 0.370 e. The fourth-order valence-electron chi connectivity index (χ4n) is 2.18. The average Bonchev–Trinajstić information content (AvgIpc) is 2.84. The molecule has 1 aromatic heterocycles. The highest BCUT2D eigenvalue weighted by Gasteiger charge is 2.23. The van der Waals surface area contributed by atoms with Crippen LogP contribution in [0.15, 0.2) is 4.52 Å². The molecule has 2 heterocycles. The van der Waals surface area contributed by atoms with Gasteiger partial charge in [-0.1, -0.05) is 19.0 Å². The van der Waals surface area contributed by atoms with Crippen LogP contribution in [-0.4, -0.2) is 22.8 Å². The molecular formula is C12H21N3O2. The number of aromatic nitrogens is 2. The molecule has 2 atom stereocenters. The Labute approximate surface area is 102 Å². The molecule has 1 fully saturated rings. The van der Waals surface area contributed by atoms with Crippen molar-refractivity contribution in [2.75, 3.05) is 6.61 Å². The van der Waals surface area contributed by atoms with E-state index >= 15 is 0 Å². The van der Waals surface area contributed by atoms with Gasteiger partial charge in [0.1, 0.15) is 6.10 Å². The van der Waals surface area contributed by atoms with Gasteiger partial charge in [-0.3, -0.25) is 0 Å². The van der Waals surface area contributed by atoms with E-state index in [1.807, 2.05) is 0 Å². The fourth-order valence-corrected chi connectivity index (χ4v) is 2.18. The Kier molecular flexibility index (Phi) is 4.12. The summed E-state index contributed by atoms with van der Waals surface area (Å²) in [6, 6.07) is 0.0906. The van der Waals surface area contributed by atoms with Crippen LogP contribution in [0.3, 0.4) is 0 Å². The Morgan fingerprint density at radius 3 is 2.94 bits per heavy atom. The van der Waals surface area contributed by atoms with Gasteiger partial charge in [-0.2, -0.15) is 4.98 Å². The fraction of sp³-hybridized carbons (Fsp3) is 0.833. The van der Waals surface area contributed by atoms with Crippen LogP contribution < -0.4 is 5.73 Å². The molecule has 1 aliphatic rings. The van der Waals surface area contributed by atoms with E-state index < -0.39 is 0 Å². The van der Waals surface area contributed by atoms with Gasteiger partial charge in [0.05, 0.1) is 0 Å². The molecule has 0 saturated carbocycles. The van der Waals surface area contributed by atoms with Crippen molar-refractivity contribution in [2.45, 2.75) is 51.7 Å². The lowest BCUT2D eigenvalue weighted by Crippen LogP contribution is -2.24. The van der Waals surface area contributed by atoms with Gasteiger partial charge in [-0.05, 0) is 25.2 Å². The van der Waals surface area contributed by atoms with Gasteiger partial charge >= 0.3 is 0 Å². The first-order valence-corrected chi connectivity index (χ1v) is 6.35. The molecule has 0 radical (unpaired) electrons. The number of hydrogen-bond donors (Lipinski definition) is 1. The zero-order valence-corrected chi connectivity index (χ0v) is 10.6. The number of ether oxygens (including phenoxy) is 1. The lowest BCUT2D eigenvalue weighted by Gasteiger charge is -2.10. The van der Waals surface area contributed by atoms with Crippen LogP contribution >= 0.6 is 0 Å². The maximum atomic E-state index is 6.01. The molecule has 17 heavy (non-hydrogen) atoms. The Hall–Kier alpha value is -0.940. The minimum Gasteiger partial charge on any atom is -0.370 e. The lowest BCUT2D eigenvalue weighted by atomic mass is 10.0. The summed E-state index contributed by atoms with van der Waals surface area (Å²) in [5, 5.41) is 3.96. The lowest BCUT2D eigenvalue weighted by molar-refractivity contribution is 0.103. The maximum Gasteiger partial charge on any atom is 0.228 e. The van der Waals surface area contributed by atoms with E-state index in [4.69, 9.17) is 15.0 Å². The van der Waals surface area contributed by atoms with E-state index in [1.165, 1.54) is 0 Å². The van der Waals surface area contributed by atoms with Crippen molar-refractivity contribution < 1.29 is 9.26 Å². The van der Waals surface area contributed by atoms with Gasteiger partial charge in [0.15, 0.2) is 0 Å². The van der Waals surface area contributed by atoms with Crippen molar-refractivity contribution in [2.24, 2.45) is 11.7 Å². The van der Waals surface area contributed by atoms with Crippen molar-refractivity contribution in [1.82, 2.24) is 10.1 Å². The second-order valence-electron chi connectivity index (χ2n) is 5.14. The van der Waals surface area contributed by atoms with Crippen LogP contribution in [-0.2, 0) is 11.2 Å². The third kappa shape index (κ3) is 3.51. The van der Waals surface area contributed by atoms with Crippen LogP contribution in [0.4, 0.5) is 0 Å². The van der Waals surface area contributed by atoms with E-state index in [2.05, 4.69) is 24.0 Å². The molecule has 0 amide bonds. The summed E-state index contributed by atoms with van der Waals surface area (Å²) in [4.78, 5) is 4.36. The average molecular weight is 239 g/mol. The first kappa shape index (κ1) is 12.5. The minimum atomic E-state index is 0.0221. The summed E-state index contributed by atoms with van der Waals surface area (Å²) in [5.74, 6) is 1.89. The van der Waals surface area contributed by atoms with Crippen molar-refractivity contribution in [3.8, 4) is 0 Å². The summed E-state index contributed by atoms with van der Waals surface area (Å²) in [7, 11) is 0. The predicted molar refractivity (Wildman–Crippen MR) is 63.4 cm³/mol. The first-order valence-electron chi connectivity index (χ1n) is 6.35. The molecule has 2 rings (SSSR count). The molecule has 0 aromatic carbocycles. The van der Waals surface area contributed by atoms with Crippen LogP contribution in [0, 0.1) is 5.92 Å². The van der Waals surface area contributed by atoms with Gasteiger partial charge in [0.2, 0.25) is 11.7 Å². The van der Waals surface area contributed by atoms with E-state index in [-0.39, 0.29) is 12.1 Å². The van der Waals surface area contributed by atoms with Crippen molar-refractivity contribution >= 4 is 0 Å². The second kappa shape index (κ2) is 5.60. The van der Waals surface area contributed by atoms with Crippen molar-refractivity contribution in [1.29, 1.82) is 0 Å². The molecule has 0 bridgehead atoms. The Balaban J connectivity index is 1.89. The van der Waals surface area contributed by atoms with Crippen LogP contribution in [0.2, 0.25) is 0 Å². The zero-order chi connectivity index (χ0) is 12.3. The molecule has 2 unspecified atom stereocenters. The summed E-state index contributed by atoms with van der Waals surface area (Å²) in [5.41, 5.74) is 6.01. The predicted octanol–water partition coefficient (Wildman–Crippen LogP) is 1.84. The minimum absolute atomic E-state index is 0.0221. The quantitative estimate of drug-likeness (QED) is 0.848. The SMILES string of the molecule is CC(C)CC(N)Cc1nc(C2CCCO2)no1. The highest BCUT2D eigenvalue weighted by Crippen LogP contribution is 2.26. The van der Waals surface area contributed by atoms with Crippen LogP contribution in [0.1, 0.15) is 50.9 Å². The third-order valence-corrected chi connectivity index (χ3v) is 2.91. The van der Waals surface area contributed by atoms with Crippen molar-refractivity contribution in [3.63, 3.8) is 0 Å². The molecule has 5 heteroatoms. The maximum absolute atomic E-state index is 6.01. The summed E-state index contributed by atoms with van der Waals surface area (Å²) < 4.78 is 10.7. The Bertz CT molecular complexity index is 345. The molecular weight excluding hydrogens is 218 g/mol. The number of nitrogens with zero attached hydrogens (tertiary/aromatic N) is 2. The molecule has 96 valence electrons. The monoisotopic (exact) mass is 239 g/mol.